The molecule has 0 spiro atoms. The minimum absolute atomic E-state index is 0.102. The predicted octanol–water partition coefficient (Wildman–Crippen LogP) is 2.59. The van der Waals surface area contributed by atoms with E-state index in [1.807, 2.05) is 18.2 Å². The molecule has 0 saturated carbocycles. The van der Waals surface area contributed by atoms with Gasteiger partial charge < -0.3 is 0 Å². The van der Waals surface area contributed by atoms with Crippen LogP contribution in [0.1, 0.15) is 29.8 Å². The first-order valence-electron chi connectivity index (χ1n) is 4.71. The van der Waals surface area contributed by atoms with E-state index < -0.39 is 5.92 Å². The Morgan fingerprint density at radius 2 is 2.00 bits per heavy atom. The average Bonchev–Trinajstić information content (AvgIpc) is 2.27. The summed E-state index contributed by atoms with van der Waals surface area (Å²) in [6.45, 7) is 3.69. The third-order valence-corrected chi connectivity index (χ3v) is 2.23. The maximum Gasteiger partial charge on any atom is 0.179 e. The van der Waals surface area contributed by atoms with Crippen molar-refractivity contribution in [2.24, 2.45) is 5.92 Å². The van der Waals surface area contributed by atoms with Gasteiger partial charge in [-0.15, -0.1) is 0 Å². The summed E-state index contributed by atoms with van der Waals surface area (Å²) in [5.41, 5.74) is 1.82. The second-order valence-electron chi connectivity index (χ2n) is 3.27. The van der Waals surface area contributed by atoms with Crippen LogP contribution in [0.4, 0.5) is 0 Å². The quantitative estimate of drug-likeness (QED) is 0.682. The van der Waals surface area contributed by atoms with Gasteiger partial charge in [0.05, 0.1) is 6.07 Å². The Bertz CT molecular complexity index is 359. The smallest absolute Gasteiger partial charge is 0.179 e. The molecule has 2 heteroatoms. The van der Waals surface area contributed by atoms with Gasteiger partial charge in [-0.3, -0.25) is 4.79 Å². The molecule has 1 aromatic carbocycles. The molecule has 0 aromatic heterocycles. The first-order chi connectivity index (χ1) is 6.69. The van der Waals surface area contributed by atoms with Gasteiger partial charge in [-0.2, -0.15) is 5.26 Å². The third-order valence-electron chi connectivity index (χ3n) is 2.23. The lowest BCUT2D eigenvalue weighted by Gasteiger charge is -2.02. The van der Waals surface area contributed by atoms with Gasteiger partial charge in [0.2, 0.25) is 0 Å². The van der Waals surface area contributed by atoms with Crippen LogP contribution in [0.5, 0.6) is 0 Å². The largest absolute Gasteiger partial charge is 0.293 e. The van der Waals surface area contributed by atoms with Crippen LogP contribution in [0.15, 0.2) is 24.3 Å². The van der Waals surface area contributed by atoms with Gasteiger partial charge in [-0.25, -0.2) is 0 Å². The van der Waals surface area contributed by atoms with Gasteiger partial charge in [0, 0.05) is 5.56 Å². The van der Waals surface area contributed by atoms with Gasteiger partial charge in [0.1, 0.15) is 5.92 Å². The Morgan fingerprint density at radius 1 is 1.43 bits per heavy atom. The molecular weight excluding hydrogens is 174 g/mol. The van der Waals surface area contributed by atoms with Gasteiger partial charge in [-0.05, 0) is 18.9 Å². The molecule has 0 amide bonds. The van der Waals surface area contributed by atoms with E-state index in [2.05, 4.69) is 6.92 Å². The molecule has 0 aliphatic heterocycles. The molecular formula is C12H13NO. The van der Waals surface area contributed by atoms with E-state index in [0.717, 1.165) is 6.42 Å². The van der Waals surface area contributed by atoms with Crippen molar-refractivity contribution in [3.05, 3.63) is 35.4 Å². The molecule has 2 nitrogen and oxygen atoms in total. The van der Waals surface area contributed by atoms with Crippen LogP contribution in [0.2, 0.25) is 0 Å². The first kappa shape index (κ1) is 10.5. The van der Waals surface area contributed by atoms with E-state index >= 15 is 0 Å². The second kappa shape index (κ2) is 4.57. The Kier molecular flexibility index (Phi) is 3.41. The molecule has 0 radical (unpaired) electrons. The molecule has 0 heterocycles. The van der Waals surface area contributed by atoms with Gasteiger partial charge in [0.15, 0.2) is 5.78 Å². The number of rotatable bonds is 3. The molecule has 1 aromatic rings. The SMILES string of the molecule is CCc1ccc(C(=O)C(C)C#N)cc1. The first-order valence-corrected chi connectivity index (χ1v) is 4.71. The molecule has 1 rings (SSSR count). The van der Waals surface area contributed by atoms with Crippen LogP contribution in [0, 0.1) is 17.2 Å². The third kappa shape index (κ3) is 2.20. The zero-order valence-corrected chi connectivity index (χ0v) is 8.45. The summed E-state index contributed by atoms with van der Waals surface area (Å²) in [5, 5.41) is 8.60. The number of nitriles is 1. The summed E-state index contributed by atoms with van der Waals surface area (Å²) in [6, 6.07) is 9.37. The lowest BCUT2D eigenvalue weighted by molar-refractivity contribution is 0.0956. The summed E-state index contributed by atoms with van der Waals surface area (Å²) in [6.07, 6.45) is 0.961. The summed E-state index contributed by atoms with van der Waals surface area (Å²) in [7, 11) is 0. The van der Waals surface area contributed by atoms with E-state index in [9.17, 15) is 4.79 Å². The van der Waals surface area contributed by atoms with Crippen molar-refractivity contribution >= 4 is 5.78 Å². The van der Waals surface area contributed by atoms with E-state index in [1.54, 1.807) is 19.1 Å². The fourth-order valence-corrected chi connectivity index (χ4v) is 1.21. The topological polar surface area (TPSA) is 40.9 Å². The Morgan fingerprint density at radius 3 is 2.43 bits per heavy atom. The highest BCUT2D eigenvalue weighted by Gasteiger charge is 2.13. The summed E-state index contributed by atoms with van der Waals surface area (Å²) in [5.74, 6) is -0.655. The molecule has 0 N–H and O–H groups in total. The van der Waals surface area contributed by atoms with E-state index in [4.69, 9.17) is 5.26 Å². The molecule has 1 atom stereocenters. The van der Waals surface area contributed by atoms with Crippen molar-refractivity contribution in [2.75, 3.05) is 0 Å². The van der Waals surface area contributed by atoms with Crippen molar-refractivity contribution in [1.29, 1.82) is 5.26 Å². The van der Waals surface area contributed by atoms with Gasteiger partial charge >= 0.3 is 0 Å². The number of hydrogen-bond donors (Lipinski definition) is 0. The Balaban J connectivity index is 2.88. The minimum atomic E-state index is -0.553. The summed E-state index contributed by atoms with van der Waals surface area (Å²) in [4.78, 5) is 11.6. The van der Waals surface area contributed by atoms with Crippen molar-refractivity contribution in [1.82, 2.24) is 0 Å². The Hall–Kier alpha value is -1.62. The van der Waals surface area contributed by atoms with Crippen molar-refractivity contribution < 1.29 is 4.79 Å². The molecule has 72 valence electrons. The highest BCUT2D eigenvalue weighted by molar-refractivity contribution is 5.99. The number of benzene rings is 1. The number of carbonyl (C=O) groups is 1. The molecule has 0 saturated heterocycles. The number of carbonyl (C=O) groups excluding carboxylic acids is 1. The molecule has 0 aliphatic carbocycles. The average molecular weight is 187 g/mol. The van der Waals surface area contributed by atoms with Crippen molar-refractivity contribution in [3.8, 4) is 6.07 Å². The summed E-state index contributed by atoms with van der Waals surface area (Å²) < 4.78 is 0. The van der Waals surface area contributed by atoms with Crippen LogP contribution in [-0.2, 0) is 6.42 Å². The second-order valence-corrected chi connectivity index (χ2v) is 3.27. The molecule has 0 bridgehead atoms. The molecule has 0 aliphatic rings. The van der Waals surface area contributed by atoms with E-state index in [1.165, 1.54) is 5.56 Å². The van der Waals surface area contributed by atoms with Crippen molar-refractivity contribution in [2.45, 2.75) is 20.3 Å². The fraction of sp³-hybridized carbons (Fsp3) is 0.333. The normalized spacial score (nSPS) is 11.8. The van der Waals surface area contributed by atoms with E-state index in [-0.39, 0.29) is 5.78 Å². The van der Waals surface area contributed by atoms with Crippen molar-refractivity contribution in [3.63, 3.8) is 0 Å². The number of ketones is 1. The Labute approximate surface area is 84.2 Å². The standard InChI is InChI=1S/C12H13NO/c1-3-10-4-6-11(7-5-10)12(14)9(2)8-13/h4-7,9H,3H2,1-2H3. The highest BCUT2D eigenvalue weighted by Crippen LogP contribution is 2.10. The lowest BCUT2D eigenvalue weighted by Crippen LogP contribution is -2.08. The molecule has 14 heavy (non-hydrogen) atoms. The number of Topliss-reactive ketones (excluding diaryl/α,β-unsaturated/α-hetero) is 1. The number of aryl methyl sites for hydroxylation is 1. The van der Waals surface area contributed by atoms with Crippen LogP contribution >= 0.6 is 0 Å². The van der Waals surface area contributed by atoms with Gasteiger partial charge in [-0.1, -0.05) is 31.2 Å². The predicted molar refractivity (Wildman–Crippen MR) is 54.9 cm³/mol. The maximum absolute atomic E-state index is 11.6. The summed E-state index contributed by atoms with van der Waals surface area (Å²) >= 11 is 0. The van der Waals surface area contributed by atoms with Crippen LogP contribution in [0.3, 0.4) is 0 Å². The van der Waals surface area contributed by atoms with Gasteiger partial charge in [0.25, 0.3) is 0 Å². The highest BCUT2D eigenvalue weighted by atomic mass is 16.1. The molecule has 0 fully saturated rings. The lowest BCUT2D eigenvalue weighted by atomic mass is 9.99. The monoisotopic (exact) mass is 187 g/mol. The molecule has 1 unspecified atom stereocenters. The zero-order chi connectivity index (χ0) is 10.6. The number of nitrogens with zero attached hydrogens (tertiary/aromatic N) is 1. The van der Waals surface area contributed by atoms with E-state index in [0.29, 0.717) is 5.56 Å². The fourth-order valence-electron chi connectivity index (χ4n) is 1.21. The van der Waals surface area contributed by atoms with Crippen LogP contribution < -0.4 is 0 Å². The minimum Gasteiger partial charge on any atom is -0.293 e. The maximum atomic E-state index is 11.6. The van der Waals surface area contributed by atoms with Crippen LogP contribution in [-0.4, -0.2) is 5.78 Å². The number of hydrogen-bond acceptors (Lipinski definition) is 2. The van der Waals surface area contributed by atoms with Crippen LogP contribution in [0.25, 0.3) is 0 Å². The zero-order valence-electron chi connectivity index (χ0n) is 8.45.